The summed E-state index contributed by atoms with van der Waals surface area (Å²) in [6.07, 6.45) is 0. The SMILES string of the molecule is Cc1ccc(Oc2cscn2)cc1. The van der Waals surface area contributed by atoms with Gasteiger partial charge in [0.1, 0.15) is 5.75 Å². The molecular weight excluding hydrogens is 182 g/mol. The molecular formula is C10H9NOS. The molecule has 13 heavy (non-hydrogen) atoms. The number of rotatable bonds is 2. The van der Waals surface area contributed by atoms with Gasteiger partial charge in [0.15, 0.2) is 0 Å². The number of hydrogen-bond acceptors (Lipinski definition) is 3. The van der Waals surface area contributed by atoms with E-state index in [0.29, 0.717) is 5.88 Å². The number of aromatic nitrogens is 1. The summed E-state index contributed by atoms with van der Waals surface area (Å²) in [4.78, 5) is 4.03. The van der Waals surface area contributed by atoms with Crippen LogP contribution in [0, 0.1) is 6.92 Å². The zero-order chi connectivity index (χ0) is 9.10. The summed E-state index contributed by atoms with van der Waals surface area (Å²) in [6, 6.07) is 7.91. The quantitative estimate of drug-likeness (QED) is 0.727. The molecule has 1 aromatic heterocycles. The molecule has 66 valence electrons. The first kappa shape index (κ1) is 8.26. The van der Waals surface area contributed by atoms with E-state index in [1.165, 1.54) is 16.9 Å². The number of benzene rings is 1. The maximum atomic E-state index is 5.47. The van der Waals surface area contributed by atoms with Crippen LogP contribution in [-0.2, 0) is 0 Å². The third-order valence-electron chi connectivity index (χ3n) is 1.65. The number of thiazole rings is 1. The summed E-state index contributed by atoms with van der Waals surface area (Å²) < 4.78 is 5.47. The Bertz CT molecular complexity index is 366. The standard InChI is InChI=1S/C10H9NOS/c1-8-2-4-9(5-3-8)12-10-6-13-7-11-10/h2-7H,1H3. The van der Waals surface area contributed by atoms with Crippen LogP contribution in [0.4, 0.5) is 0 Å². The van der Waals surface area contributed by atoms with Crippen molar-refractivity contribution in [3.63, 3.8) is 0 Å². The second-order valence-electron chi connectivity index (χ2n) is 2.74. The van der Waals surface area contributed by atoms with Crippen LogP contribution in [0.1, 0.15) is 5.56 Å². The van der Waals surface area contributed by atoms with Gasteiger partial charge in [-0.3, -0.25) is 0 Å². The van der Waals surface area contributed by atoms with E-state index in [-0.39, 0.29) is 0 Å². The number of nitrogens with zero attached hydrogens (tertiary/aromatic N) is 1. The van der Waals surface area contributed by atoms with E-state index in [0.717, 1.165) is 5.75 Å². The smallest absolute Gasteiger partial charge is 0.230 e. The van der Waals surface area contributed by atoms with Crippen LogP contribution in [0.15, 0.2) is 35.2 Å². The fraction of sp³-hybridized carbons (Fsp3) is 0.100. The summed E-state index contributed by atoms with van der Waals surface area (Å²) >= 11 is 1.53. The molecule has 0 spiro atoms. The maximum absolute atomic E-state index is 5.47. The van der Waals surface area contributed by atoms with Crippen molar-refractivity contribution in [1.82, 2.24) is 4.98 Å². The second-order valence-corrected chi connectivity index (χ2v) is 3.46. The molecule has 0 aliphatic rings. The normalized spacial score (nSPS) is 9.92. The average Bonchev–Trinajstić information content (AvgIpc) is 2.62. The van der Waals surface area contributed by atoms with Crippen molar-refractivity contribution in [3.8, 4) is 11.6 Å². The molecule has 2 nitrogen and oxygen atoms in total. The van der Waals surface area contributed by atoms with E-state index >= 15 is 0 Å². The molecule has 0 saturated heterocycles. The topological polar surface area (TPSA) is 22.1 Å². The molecule has 0 amide bonds. The largest absolute Gasteiger partial charge is 0.438 e. The van der Waals surface area contributed by atoms with E-state index in [9.17, 15) is 0 Å². The molecule has 0 fully saturated rings. The Labute approximate surface area is 80.8 Å². The van der Waals surface area contributed by atoms with Crippen LogP contribution in [0.5, 0.6) is 11.6 Å². The number of ether oxygens (including phenoxy) is 1. The fourth-order valence-electron chi connectivity index (χ4n) is 0.979. The molecule has 1 heterocycles. The van der Waals surface area contributed by atoms with Gasteiger partial charge in [-0.15, -0.1) is 11.3 Å². The zero-order valence-corrected chi connectivity index (χ0v) is 8.04. The first-order chi connectivity index (χ1) is 6.34. The van der Waals surface area contributed by atoms with E-state index in [2.05, 4.69) is 4.98 Å². The minimum absolute atomic E-state index is 0.661. The lowest BCUT2D eigenvalue weighted by Gasteiger charge is -2.01. The second kappa shape index (κ2) is 3.58. The van der Waals surface area contributed by atoms with Crippen LogP contribution in [-0.4, -0.2) is 4.98 Å². The number of aryl methyl sites for hydroxylation is 1. The van der Waals surface area contributed by atoms with Gasteiger partial charge in [-0.05, 0) is 19.1 Å². The fourth-order valence-corrected chi connectivity index (χ4v) is 1.43. The molecule has 0 radical (unpaired) electrons. The highest BCUT2D eigenvalue weighted by atomic mass is 32.1. The summed E-state index contributed by atoms with van der Waals surface area (Å²) in [5, 5.41) is 1.87. The Morgan fingerprint density at radius 1 is 1.23 bits per heavy atom. The Hall–Kier alpha value is -1.35. The van der Waals surface area contributed by atoms with E-state index < -0.39 is 0 Å². The third-order valence-corrected chi connectivity index (χ3v) is 2.22. The molecule has 0 aliphatic heterocycles. The van der Waals surface area contributed by atoms with Crippen molar-refractivity contribution in [2.45, 2.75) is 6.92 Å². The molecule has 0 atom stereocenters. The van der Waals surface area contributed by atoms with E-state index in [1.54, 1.807) is 5.51 Å². The van der Waals surface area contributed by atoms with Gasteiger partial charge >= 0.3 is 0 Å². The first-order valence-corrected chi connectivity index (χ1v) is 4.91. The monoisotopic (exact) mass is 191 g/mol. The third kappa shape index (κ3) is 2.06. The zero-order valence-electron chi connectivity index (χ0n) is 7.23. The molecule has 2 aromatic rings. The maximum Gasteiger partial charge on any atom is 0.230 e. The van der Waals surface area contributed by atoms with Gasteiger partial charge in [-0.25, -0.2) is 4.98 Å². The molecule has 0 unspecified atom stereocenters. The molecule has 2 rings (SSSR count). The average molecular weight is 191 g/mol. The van der Waals surface area contributed by atoms with Gasteiger partial charge in [0.25, 0.3) is 0 Å². The Balaban J connectivity index is 2.15. The number of hydrogen-bond donors (Lipinski definition) is 0. The van der Waals surface area contributed by atoms with Crippen LogP contribution in [0.25, 0.3) is 0 Å². The van der Waals surface area contributed by atoms with Crippen LogP contribution in [0.3, 0.4) is 0 Å². The van der Waals surface area contributed by atoms with E-state index in [1.807, 2.05) is 36.6 Å². The highest BCUT2D eigenvalue weighted by Gasteiger charge is 1.96. The summed E-state index contributed by atoms with van der Waals surface area (Å²) in [5.74, 6) is 1.49. The van der Waals surface area contributed by atoms with Gasteiger partial charge in [0.05, 0.1) is 10.9 Å². The lowest BCUT2D eigenvalue weighted by Crippen LogP contribution is -1.83. The van der Waals surface area contributed by atoms with Crippen molar-refractivity contribution in [3.05, 3.63) is 40.7 Å². The van der Waals surface area contributed by atoms with Gasteiger partial charge in [0.2, 0.25) is 5.88 Å². The molecule has 0 N–H and O–H groups in total. The van der Waals surface area contributed by atoms with Crippen LogP contribution < -0.4 is 4.74 Å². The van der Waals surface area contributed by atoms with Crippen molar-refractivity contribution >= 4 is 11.3 Å². The Morgan fingerprint density at radius 3 is 2.62 bits per heavy atom. The molecule has 1 aromatic carbocycles. The minimum atomic E-state index is 0.661. The predicted molar refractivity (Wildman–Crippen MR) is 53.4 cm³/mol. The highest BCUT2D eigenvalue weighted by Crippen LogP contribution is 2.20. The molecule has 3 heteroatoms. The lowest BCUT2D eigenvalue weighted by atomic mass is 10.2. The van der Waals surface area contributed by atoms with Crippen molar-refractivity contribution in [2.24, 2.45) is 0 Å². The molecule has 0 saturated carbocycles. The first-order valence-electron chi connectivity index (χ1n) is 3.97. The predicted octanol–water partition coefficient (Wildman–Crippen LogP) is 3.24. The molecule has 0 aliphatic carbocycles. The van der Waals surface area contributed by atoms with Crippen molar-refractivity contribution in [2.75, 3.05) is 0 Å². The highest BCUT2D eigenvalue weighted by molar-refractivity contribution is 7.07. The van der Waals surface area contributed by atoms with Gasteiger partial charge in [0, 0.05) is 0 Å². The summed E-state index contributed by atoms with van der Waals surface area (Å²) in [7, 11) is 0. The van der Waals surface area contributed by atoms with Gasteiger partial charge in [-0.2, -0.15) is 0 Å². The van der Waals surface area contributed by atoms with Crippen molar-refractivity contribution < 1.29 is 4.74 Å². The van der Waals surface area contributed by atoms with E-state index in [4.69, 9.17) is 4.74 Å². The van der Waals surface area contributed by atoms with Gasteiger partial charge < -0.3 is 4.74 Å². The summed E-state index contributed by atoms with van der Waals surface area (Å²) in [5.41, 5.74) is 2.98. The molecule has 0 bridgehead atoms. The Kier molecular flexibility index (Phi) is 2.27. The van der Waals surface area contributed by atoms with Crippen molar-refractivity contribution in [1.29, 1.82) is 0 Å². The van der Waals surface area contributed by atoms with Crippen LogP contribution >= 0.6 is 11.3 Å². The Morgan fingerprint density at radius 2 is 2.00 bits per heavy atom. The van der Waals surface area contributed by atoms with Gasteiger partial charge in [-0.1, -0.05) is 17.7 Å². The lowest BCUT2D eigenvalue weighted by molar-refractivity contribution is 0.466. The minimum Gasteiger partial charge on any atom is -0.438 e. The van der Waals surface area contributed by atoms with Crippen LogP contribution in [0.2, 0.25) is 0 Å². The summed E-state index contributed by atoms with van der Waals surface area (Å²) in [6.45, 7) is 2.05.